The topological polar surface area (TPSA) is 105 Å². The van der Waals surface area contributed by atoms with Crippen LogP contribution in [-0.2, 0) is 27.2 Å². The first-order chi connectivity index (χ1) is 17.3. The zero-order chi connectivity index (χ0) is 28.1. The maximum atomic E-state index is 11.7. The van der Waals surface area contributed by atoms with Crippen LogP contribution in [0.3, 0.4) is 0 Å². The Morgan fingerprint density at radius 3 is 1.59 bits per heavy atom. The number of nitrogens with two attached hydrogens (primary N) is 1. The number of ether oxygens (including phenoxy) is 3. The van der Waals surface area contributed by atoms with Gasteiger partial charge in [0, 0.05) is 6.04 Å². The lowest BCUT2D eigenvalue weighted by atomic mass is 10.1. The second kappa shape index (κ2) is 15.8. The summed E-state index contributed by atoms with van der Waals surface area (Å²) in [5, 5.41) is 0. The van der Waals surface area contributed by atoms with Crippen LogP contribution in [0.2, 0.25) is 0 Å². The molecule has 0 bridgehead atoms. The summed E-state index contributed by atoms with van der Waals surface area (Å²) < 4.78 is 15.8. The van der Waals surface area contributed by atoms with E-state index >= 15 is 0 Å². The predicted molar refractivity (Wildman–Crippen MR) is 146 cm³/mol. The average molecular weight is 514 g/mol. The lowest BCUT2D eigenvalue weighted by Gasteiger charge is -2.13. The molecule has 2 aromatic carbocycles. The fourth-order valence-corrected chi connectivity index (χ4v) is 2.74. The first-order valence-corrected chi connectivity index (χ1v) is 13.0. The van der Waals surface area contributed by atoms with Gasteiger partial charge in [0.2, 0.25) is 0 Å². The van der Waals surface area contributed by atoms with Crippen LogP contribution in [0.4, 0.5) is 0 Å². The summed E-state index contributed by atoms with van der Waals surface area (Å²) in [5.41, 5.74) is 7.93. The number of aryl methyl sites for hydroxylation is 2. The molecule has 0 heterocycles. The van der Waals surface area contributed by atoms with Crippen molar-refractivity contribution in [3.05, 3.63) is 53.6 Å². The van der Waals surface area contributed by atoms with Crippen LogP contribution in [-0.4, -0.2) is 23.9 Å². The molecule has 37 heavy (non-hydrogen) atoms. The van der Waals surface area contributed by atoms with Crippen molar-refractivity contribution < 1.29 is 28.6 Å². The molecule has 2 aromatic rings. The number of carbonyl (C=O) groups excluding carboxylic acids is 3. The van der Waals surface area contributed by atoms with Crippen LogP contribution in [0, 0.1) is 17.8 Å². The van der Waals surface area contributed by atoms with Crippen LogP contribution in [0.5, 0.6) is 17.2 Å². The van der Waals surface area contributed by atoms with Gasteiger partial charge in [-0.15, -0.1) is 0 Å². The molecular formula is C30H43NO6. The molecule has 0 spiro atoms. The Balaban J connectivity index is 0.000000375. The van der Waals surface area contributed by atoms with E-state index in [0.717, 1.165) is 24.8 Å². The molecule has 0 saturated heterocycles. The smallest absolute Gasteiger partial charge is 0.313 e. The molecule has 0 radical (unpaired) electrons. The minimum atomic E-state index is -0.351. The van der Waals surface area contributed by atoms with Gasteiger partial charge in [-0.3, -0.25) is 14.4 Å². The molecule has 2 N–H and O–H groups in total. The highest BCUT2D eigenvalue weighted by molar-refractivity contribution is 5.78. The molecule has 0 aliphatic heterocycles. The van der Waals surface area contributed by atoms with Crippen molar-refractivity contribution in [3.8, 4) is 17.2 Å². The highest BCUT2D eigenvalue weighted by atomic mass is 16.6. The van der Waals surface area contributed by atoms with Gasteiger partial charge in [0.05, 0.1) is 17.8 Å². The fourth-order valence-electron chi connectivity index (χ4n) is 2.74. The number of rotatable bonds is 10. The first-order valence-electron chi connectivity index (χ1n) is 13.0. The summed E-state index contributed by atoms with van der Waals surface area (Å²) in [6, 6.07) is 13.1. The van der Waals surface area contributed by atoms with Gasteiger partial charge in [-0.2, -0.15) is 0 Å². The Hall–Kier alpha value is -3.19. The van der Waals surface area contributed by atoms with Gasteiger partial charge in [0.25, 0.3) is 0 Å². The summed E-state index contributed by atoms with van der Waals surface area (Å²) in [5.74, 6) is -0.291. The van der Waals surface area contributed by atoms with E-state index < -0.39 is 0 Å². The highest BCUT2D eigenvalue weighted by Crippen LogP contribution is 2.30. The van der Waals surface area contributed by atoms with Crippen LogP contribution in [0.15, 0.2) is 42.5 Å². The van der Waals surface area contributed by atoms with Crippen molar-refractivity contribution in [2.45, 2.75) is 80.7 Å². The zero-order valence-electron chi connectivity index (χ0n) is 23.5. The van der Waals surface area contributed by atoms with Crippen LogP contribution in [0.1, 0.15) is 72.9 Å². The molecular weight excluding hydrogens is 470 g/mol. The molecule has 204 valence electrons. The largest absolute Gasteiger partial charge is 0.426 e. The maximum absolute atomic E-state index is 11.7. The van der Waals surface area contributed by atoms with Crippen LogP contribution >= 0.6 is 0 Å². The Kier molecular flexibility index (Phi) is 13.6. The van der Waals surface area contributed by atoms with Gasteiger partial charge in [-0.05, 0) is 61.6 Å². The Morgan fingerprint density at radius 2 is 1.14 bits per heavy atom. The average Bonchev–Trinajstić information content (AvgIpc) is 2.84. The summed E-state index contributed by atoms with van der Waals surface area (Å²) in [6.45, 7) is 14.7. The highest BCUT2D eigenvalue weighted by Gasteiger charge is 2.18. The molecule has 7 nitrogen and oxygen atoms in total. The quantitative estimate of drug-likeness (QED) is 0.311. The van der Waals surface area contributed by atoms with Crippen LogP contribution < -0.4 is 19.9 Å². The minimum Gasteiger partial charge on any atom is -0.426 e. The van der Waals surface area contributed by atoms with E-state index in [2.05, 4.69) is 0 Å². The molecule has 7 heteroatoms. The molecule has 0 fully saturated rings. The Labute approximate surface area is 221 Å². The standard InChI is InChI=1S/C16H22O4.C14H21NO2/c1-6-12-7-8-13(19-15(17)10(2)3)14(9-12)20-16(18)11(4)5;1-10(2)14(16)17-13-8-6-12(7-9-13)5-4-11(3)15/h7-11H,6H2,1-5H3;6-11H,4-5,15H2,1-3H3. The van der Waals surface area contributed by atoms with Gasteiger partial charge < -0.3 is 19.9 Å². The SMILES string of the molecule is CC(N)CCc1ccc(OC(=O)C(C)C)cc1.CCc1ccc(OC(=O)C(C)C)c(OC(=O)C(C)C)c1. The van der Waals surface area contributed by atoms with Crippen molar-refractivity contribution in [3.63, 3.8) is 0 Å². The third-order valence-corrected chi connectivity index (χ3v) is 5.28. The van der Waals surface area contributed by atoms with Crippen molar-refractivity contribution >= 4 is 17.9 Å². The van der Waals surface area contributed by atoms with Crippen molar-refractivity contribution in [1.29, 1.82) is 0 Å². The number of carbonyl (C=O) groups is 3. The third-order valence-electron chi connectivity index (χ3n) is 5.28. The minimum absolute atomic E-state index is 0.104. The van der Waals surface area contributed by atoms with Gasteiger partial charge in [-0.1, -0.05) is 66.7 Å². The van der Waals surface area contributed by atoms with Crippen molar-refractivity contribution in [2.24, 2.45) is 23.5 Å². The second-order valence-electron chi connectivity index (χ2n) is 10.0. The molecule has 1 unspecified atom stereocenters. The summed E-state index contributed by atoms with van der Waals surface area (Å²) in [4.78, 5) is 34.8. The Morgan fingerprint density at radius 1 is 0.676 bits per heavy atom. The number of benzene rings is 2. The lowest BCUT2D eigenvalue weighted by Crippen LogP contribution is -2.18. The summed E-state index contributed by atoms with van der Waals surface area (Å²) >= 11 is 0. The summed E-state index contributed by atoms with van der Waals surface area (Å²) in [7, 11) is 0. The van der Waals surface area contributed by atoms with Gasteiger partial charge in [-0.25, -0.2) is 0 Å². The molecule has 0 amide bonds. The number of hydrogen-bond acceptors (Lipinski definition) is 7. The number of esters is 3. The monoisotopic (exact) mass is 513 g/mol. The van der Waals surface area contributed by atoms with E-state index in [4.69, 9.17) is 19.9 Å². The van der Waals surface area contributed by atoms with Gasteiger partial charge in [0.15, 0.2) is 11.5 Å². The Bertz CT molecular complexity index is 1010. The fraction of sp³-hybridized carbons (Fsp3) is 0.500. The maximum Gasteiger partial charge on any atom is 0.313 e. The third kappa shape index (κ3) is 12.1. The molecule has 0 aromatic heterocycles. The van der Waals surface area contributed by atoms with Crippen LogP contribution in [0.25, 0.3) is 0 Å². The van der Waals surface area contributed by atoms with E-state index in [0.29, 0.717) is 11.5 Å². The zero-order valence-corrected chi connectivity index (χ0v) is 23.5. The van der Waals surface area contributed by atoms with Gasteiger partial charge in [0.1, 0.15) is 5.75 Å². The first kappa shape index (κ1) is 31.8. The molecule has 2 rings (SSSR count). The number of hydrogen-bond donors (Lipinski definition) is 1. The normalized spacial score (nSPS) is 11.6. The molecule has 1 atom stereocenters. The van der Waals surface area contributed by atoms with Gasteiger partial charge >= 0.3 is 17.9 Å². The van der Waals surface area contributed by atoms with E-state index in [1.807, 2.05) is 58.0 Å². The molecule has 0 aliphatic rings. The van der Waals surface area contributed by atoms with E-state index in [1.165, 1.54) is 5.56 Å². The molecule has 0 saturated carbocycles. The lowest BCUT2D eigenvalue weighted by molar-refractivity contribution is -0.140. The van der Waals surface area contributed by atoms with Crippen molar-refractivity contribution in [1.82, 2.24) is 0 Å². The van der Waals surface area contributed by atoms with E-state index in [1.54, 1.807) is 39.8 Å². The second-order valence-corrected chi connectivity index (χ2v) is 10.0. The van der Waals surface area contributed by atoms with Crippen molar-refractivity contribution in [2.75, 3.05) is 0 Å². The van der Waals surface area contributed by atoms with E-state index in [9.17, 15) is 14.4 Å². The molecule has 0 aliphatic carbocycles. The van der Waals surface area contributed by atoms with E-state index in [-0.39, 0.29) is 47.5 Å². The summed E-state index contributed by atoms with van der Waals surface area (Å²) in [6.07, 6.45) is 2.73. The predicted octanol–water partition coefficient (Wildman–Crippen LogP) is 5.90.